The van der Waals surface area contributed by atoms with Crippen LogP contribution in [-0.4, -0.2) is 27.3 Å². The molecule has 1 heterocycles. The first-order chi connectivity index (χ1) is 11.4. The molecule has 0 saturated heterocycles. The van der Waals surface area contributed by atoms with Crippen LogP contribution in [0.4, 0.5) is 30.7 Å². The molecule has 0 atom stereocenters. The molecular weight excluding hydrogens is 509 g/mol. The van der Waals surface area contributed by atoms with Gasteiger partial charge >= 0.3 is 17.4 Å². The minimum atomic E-state index is -6.41. The molecule has 25 heavy (non-hydrogen) atoms. The van der Waals surface area contributed by atoms with Crippen LogP contribution in [0.25, 0.3) is 11.3 Å². The van der Waals surface area contributed by atoms with Gasteiger partial charge in [0.25, 0.3) is 0 Å². The van der Waals surface area contributed by atoms with Gasteiger partial charge in [-0.05, 0) is 33.8 Å². The number of nitrogens with zero attached hydrogens (tertiary/aromatic N) is 2. The maximum atomic E-state index is 13.8. The van der Waals surface area contributed by atoms with Crippen LogP contribution in [0.3, 0.4) is 0 Å². The SMILES string of the molecule is FC(F)(F)C(F)(F)C(F)(F)Sc1cc(Br)[c]c(Br)c1-c1cnccn1. The fraction of sp³-hybridized carbons (Fsp3) is 0.231. The molecule has 0 aliphatic rings. The van der Waals surface area contributed by atoms with E-state index >= 15 is 0 Å². The van der Waals surface area contributed by atoms with Crippen LogP contribution in [0.2, 0.25) is 0 Å². The Hall–Kier alpha value is -0.880. The van der Waals surface area contributed by atoms with Crippen molar-refractivity contribution in [2.24, 2.45) is 0 Å². The molecule has 0 spiro atoms. The fourth-order valence-electron chi connectivity index (χ4n) is 1.61. The van der Waals surface area contributed by atoms with E-state index in [1.54, 1.807) is 0 Å². The third-order valence-electron chi connectivity index (χ3n) is 2.73. The Kier molecular flexibility index (Phi) is 5.74. The molecule has 1 aromatic carbocycles. The van der Waals surface area contributed by atoms with Crippen LogP contribution in [0.1, 0.15) is 0 Å². The van der Waals surface area contributed by atoms with Gasteiger partial charge in [-0.15, -0.1) is 0 Å². The van der Waals surface area contributed by atoms with Crippen LogP contribution in [0.15, 0.2) is 38.5 Å². The average Bonchev–Trinajstić information content (AvgIpc) is 2.45. The Balaban J connectivity index is 2.57. The lowest BCUT2D eigenvalue weighted by molar-refractivity contribution is -0.330. The molecular formula is C13H4Br2F7N2S. The molecule has 2 rings (SSSR count). The Morgan fingerprint density at radius 1 is 1.00 bits per heavy atom. The minimum Gasteiger partial charge on any atom is -0.261 e. The van der Waals surface area contributed by atoms with Crippen molar-refractivity contribution in [3.05, 3.63) is 39.7 Å². The standard InChI is InChI=1S/C13H4Br2F7N2S/c14-6-3-7(15)10(8-5-23-1-2-24-8)9(4-6)25-13(21,22)11(16,17)12(18,19)20/h1-2,4-5H. The number of rotatable bonds is 4. The van der Waals surface area contributed by atoms with E-state index in [4.69, 9.17) is 0 Å². The maximum absolute atomic E-state index is 13.8. The topological polar surface area (TPSA) is 25.8 Å². The second-order valence-corrected chi connectivity index (χ2v) is 7.26. The summed E-state index contributed by atoms with van der Waals surface area (Å²) in [5, 5.41) is -5.46. The smallest absolute Gasteiger partial charge is 0.261 e. The number of halogens is 9. The summed E-state index contributed by atoms with van der Waals surface area (Å²) in [5.74, 6) is -6.23. The lowest BCUT2D eigenvalue weighted by Gasteiger charge is -2.28. The number of aromatic nitrogens is 2. The van der Waals surface area contributed by atoms with Gasteiger partial charge in [-0.1, -0.05) is 15.9 Å². The van der Waals surface area contributed by atoms with Crippen molar-refractivity contribution in [3.63, 3.8) is 0 Å². The molecule has 0 aliphatic heterocycles. The molecule has 2 nitrogen and oxygen atoms in total. The van der Waals surface area contributed by atoms with Crippen molar-refractivity contribution in [2.75, 3.05) is 0 Å². The highest BCUT2D eigenvalue weighted by Crippen LogP contribution is 2.55. The number of hydrogen-bond acceptors (Lipinski definition) is 3. The maximum Gasteiger partial charge on any atom is 0.460 e. The van der Waals surface area contributed by atoms with Crippen LogP contribution in [0, 0.1) is 6.07 Å². The Bertz CT molecular complexity index is 769. The molecule has 1 aromatic heterocycles. The number of alkyl halides is 7. The Morgan fingerprint density at radius 2 is 1.64 bits per heavy atom. The van der Waals surface area contributed by atoms with E-state index in [0.29, 0.717) is 0 Å². The number of benzene rings is 1. The van der Waals surface area contributed by atoms with Crippen molar-refractivity contribution >= 4 is 43.6 Å². The van der Waals surface area contributed by atoms with Gasteiger partial charge in [0, 0.05) is 37.9 Å². The van der Waals surface area contributed by atoms with E-state index in [2.05, 4.69) is 47.9 Å². The molecule has 1 radical (unpaired) electrons. The zero-order valence-electron chi connectivity index (χ0n) is 11.5. The van der Waals surface area contributed by atoms with Gasteiger partial charge in [0.1, 0.15) is 0 Å². The van der Waals surface area contributed by atoms with E-state index in [1.807, 2.05) is 0 Å². The average molecular weight is 513 g/mol. The molecule has 12 heteroatoms. The first-order valence-corrected chi connectivity index (χ1v) is 8.46. The van der Waals surface area contributed by atoms with E-state index in [1.165, 1.54) is 12.4 Å². The molecule has 2 aromatic rings. The molecule has 0 amide bonds. The van der Waals surface area contributed by atoms with Gasteiger partial charge < -0.3 is 0 Å². The number of thioether (sulfide) groups is 1. The Labute approximate surface area is 157 Å². The van der Waals surface area contributed by atoms with Crippen LogP contribution in [0.5, 0.6) is 0 Å². The molecule has 0 saturated carbocycles. The van der Waals surface area contributed by atoms with Crippen LogP contribution < -0.4 is 0 Å². The predicted molar refractivity (Wildman–Crippen MR) is 83.5 cm³/mol. The normalized spacial score (nSPS) is 13.2. The molecule has 0 fully saturated rings. The van der Waals surface area contributed by atoms with Crippen molar-refractivity contribution < 1.29 is 30.7 Å². The first kappa shape index (κ1) is 20.4. The third-order valence-corrected chi connectivity index (χ3v) is 4.81. The van der Waals surface area contributed by atoms with E-state index in [9.17, 15) is 30.7 Å². The summed E-state index contributed by atoms with van der Waals surface area (Å²) in [4.78, 5) is 7.00. The highest BCUT2D eigenvalue weighted by atomic mass is 79.9. The van der Waals surface area contributed by atoms with E-state index in [0.717, 1.165) is 12.3 Å². The lowest BCUT2D eigenvalue weighted by Crippen LogP contribution is -2.49. The van der Waals surface area contributed by atoms with Gasteiger partial charge in [-0.2, -0.15) is 30.7 Å². The largest absolute Gasteiger partial charge is 0.460 e. The summed E-state index contributed by atoms with van der Waals surface area (Å²) >= 11 is 5.02. The highest BCUT2D eigenvalue weighted by Gasteiger charge is 2.73. The summed E-state index contributed by atoms with van der Waals surface area (Å²) in [6.07, 6.45) is -2.78. The quantitative estimate of drug-likeness (QED) is 0.352. The van der Waals surface area contributed by atoms with Gasteiger partial charge in [0.05, 0.1) is 11.9 Å². The van der Waals surface area contributed by atoms with Crippen LogP contribution in [-0.2, 0) is 0 Å². The highest BCUT2D eigenvalue weighted by molar-refractivity contribution is 9.11. The van der Waals surface area contributed by atoms with E-state index < -0.39 is 34.0 Å². The van der Waals surface area contributed by atoms with E-state index in [-0.39, 0.29) is 20.2 Å². The van der Waals surface area contributed by atoms with Crippen molar-refractivity contribution in [1.82, 2.24) is 9.97 Å². The second-order valence-electron chi connectivity index (χ2n) is 4.45. The molecule has 135 valence electrons. The monoisotopic (exact) mass is 511 g/mol. The second kappa shape index (κ2) is 7.03. The third kappa shape index (κ3) is 4.11. The van der Waals surface area contributed by atoms with Crippen LogP contribution >= 0.6 is 43.6 Å². The summed E-state index contributed by atoms with van der Waals surface area (Å²) < 4.78 is 90.9. The minimum absolute atomic E-state index is 0.00764. The number of hydrogen-bond donors (Lipinski definition) is 0. The molecule has 0 N–H and O–H groups in total. The summed E-state index contributed by atoms with van der Waals surface area (Å²) in [6, 6.07) is 3.57. The van der Waals surface area contributed by atoms with Crippen molar-refractivity contribution in [2.45, 2.75) is 22.2 Å². The summed E-state index contributed by atoms with van der Waals surface area (Å²) in [5.41, 5.74) is -0.148. The predicted octanol–water partition coefficient (Wildman–Crippen LogP) is 6.35. The molecule has 0 bridgehead atoms. The lowest BCUT2D eigenvalue weighted by atomic mass is 10.1. The van der Waals surface area contributed by atoms with Crippen molar-refractivity contribution in [1.29, 1.82) is 0 Å². The first-order valence-electron chi connectivity index (χ1n) is 6.06. The van der Waals surface area contributed by atoms with Gasteiger partial charge in [0.2, 0.25) is 0 Å². The van der Waals surface area contributed by atoms with Gasteiger partial charge in [-0.3, -0.25) is 9.97 Å². The molecule has 0 unspecified atom stereocenters. The van der Waals surface area contributed by atoms with Gasteiger partial charge in [0.15, 0.2) is 0 Å². The zero-order valence-corrected chi connectivity index (χ0v) is 15.5. The van der Waals surface area contributed by atoms with Gasteiger partial charge in [-0.25, -0.2) is 0 Å². The van der Waals surface area contributed by atoms with Crippen molar-refractivity contribution in [3.8, 4) is 11.3 Å². The molecule has 0 aliphatic carbocycles. The fourth-order valence-corrected chi connectivity index (χ4v) is 4.23. The Morgan fingerprint density at radius 3 is 2.16 bits per heavy atom. The zero-order chi connectivity index (χ0) is 19.0. The summed E-state index contributed by atoms with van der Waals surface area (Å²) in [6.45, 7) is 0. The summed E-state index contributed by atoms with van der Waals surface area (Å²) in [7, 11) is 0.